The van der Waals surface area contributed by atoms with Crippen LogP contribution in [-0.4, -0.2) is 38.3 Å². The second-order valence-electron chi connectivity index (χ2n) is 4.58. The predicted molar refractivity (Wildman–Crippen MR) is 80.1 cm³/mol. The zero-order chi connectivity index (χ0) is 12.5. The van der Waals surface area contributed by atoms with E-state index in [0.717, 1.165) is 29.7 Å². The zero-order valence-electron chi connectivity index (χ0n) is 10.4. The highest BCUT2D eigenvalue weighted by Crippen LogP contribution is 2.31. The van der Waals surface area contributed by atoms with Crippen LogP contribution < -0.4 is 10.2 Å². The number of morpholine rings is 1. The number of carbonyl (C=O) groups excluding carboxylic acids is 1. The van der Waals surface area contributed by atoms with Crippen LogP contribution in [0.3, 0.4) is 0 Å². The number of hydrogen-bond donors (Lipinski definition) is 1. The van der Waals surface area contributed by atoms with Gasteiger partial charge in [-0.2, -0.15) is 0 Å². The molecule has 1 N–H and O–H groups in total. The van der Waals surface area contributed by atoms with Crippen molar-refractivity contribution in [3.05, 3.63) is 28.2 Å². The normalized spacial score (nSPS) is 21.7. The van der Waals surface area contributed by atoms with Crippen molar-refractivity contribution in [3.63, 3.8) is 0 Å². The van der Waals surface area contributed by atoms with E-state index in [1.807, 2.05) is 17.0 Å². The predicted octanol–water partition coefficient (Wildman–Crippen LogP) is 1.75. The van der Waals surface area contributed by atoms with Crippen molar-refractivity contribution in [2.45, 2.75) is 12.5 Å². The molecule has 2 aliphatic rings. The van der Waals surface area contributed by atoms with E-state index in [0.29, 0.717) is 13.2 Å². The number of carbonyl (C=O) groups is 1. The minimum absolute atomic E-state index is 0. The third kappa shape index (κ3) is 2.94. The molecule has 0 saturated carbocycles. The van der Waals surface area contributed by atoms with Crippen LogP contribution in [0.1, 0.15) is 5.56 Å². The summed E-state index contributed by atoms with van der Waals surface area (Å²) in [6.45, 7) is 2.80. The molecule has 2 aliphatic heterocycles. The molecule has 0 radical (unpaired) electrons. The van der Waals surface area contributed by atoms with Crippen LogP contribution >= 0.6 is 28.3 Å². The SMILES string of the molecule is Cl.O=C(C1CNCCO1)N1CCc2cc(Br)ccc21. The third-order valence-corrected chi connectivity index (χ3v) is 3.90. The minimum Gasteiger partial charge on any atom is -0.366 e. The third-order valence-electron chi connectivity index (χ3n) is 3.41. The number of hydrogen-bond acceptors (Lipinski definition) is 3. The molecule has 1 atom stereocenters. The van der Waals surface area contributed by atoms with Gasteiger partial charge in [-0.25, -0.2) is 0 Å². The largest absolute Gasteiger partial charge is 0.366 e. The quantitative estimate of drug-likeness (QED) is 0.841. The molecular formula is C13H16BrClN2O2. The summed E-state index contributed by atoms with van der Waals surface area (Å²) in [5.74, 6) is 0.0725. The molecule has 1 fully saturated rings. The van der Waals surface area contributed by atoms with Gasteiger partial charge < -0.3 is 15.0 Å². The van der Waals surface area contributed by atoms with Crippen LogP contribution in [0.4, 0.5) is 5.69 Å². The molecule has 0 aliphatic carbocycles. The minimum atomic E-state index is -0.339. The summed E-state index contributed by atoms with van der Waals surface area (Å²) in [6, 6.07) is 6.06. The van der Waals surface area contributed by atoms with E-state index >= 15 is 0 Å². The maximum atomic E-state index is 12.4. The van der Waals surface area contributed by atoms with Gasteiger partial charge in [0.25, 0.3) is 5.91 Å². The lowest BCUT2D eigenvalue weighted by atomic mass is 10.2. The van der Waals surface area contributed by atoms with Crippen molar-refractivity contribution in [2.75, 3.05) is 31.1 Å². The molecule has 104 valence electrons. The number of fused-ring (bicyclic) bond motifs is 1. The fraction of sp³-hybridized carbons (Fsp3) is 0.462. The second-order valence-corrected chi connectivity index (χ2v) is 5.49. The summed E-state index contributed by atoms with van der Waals surface area (Å²) < 4.78 is 6.59. The summed E-state index contributed by atoms with van der Waals surface area (Å²) in [4.78, 5) is 14.2. The van der Waals surface area contributed by atoms with Gasteiger partial charge >= 0.3 is 0 Å². The van der Waals surface area contributed by atoms with Crippen molar-refractivity contribution in [1.82, 2.24) is 5.32 Å². The van der Waals surface area contributed by atoms with Crippen molar-refractivity contribution in [1.29, 1.82) is 0 Å². The molecule has 1 aromatic rings. The van der Waals surface area contributed by atoms with Gasteiger partial charge in [0.1, 0.15) is 6.10 Å². The highest BCUT2D eigenvalue weighted by Gasteiger charge is 2.31. The van der Waals surface area contributed by atoms with Crippen LogP contribution in [0.2, 0.25) is 0 Å². The van der Waals surface area contributed by atoms with E-state index in [2.05, 4.69) is 27.3 Å². The van der Waals surface area contributed by atoms with Crippen LogP contribution in [0, 0.1) is 0 Å². The Morgan fingerprint density at radius 2 is 2.32 bits per heavy atom. The summed E-state index contributed by atoms with van der Waals surface area (Å²) in [7, 11) is 0. The molecule has 19 heavy (non-hydrogen) atoms. The zero-order valence-corrected chi connectivity index (χ0v) is 12.8. The first-order valence-corrected chi connectivity index (χ1v) is 6.97. The van der Waals surface area contributed by atoms with Gasteiger partial charge in [0.15, 0.2) is 0 Å². The molecule has 0 spiro atoms. The lowest BCUT2D eigenvalue weighted by Crippen LogP contribution is -2.49. The van der Waals surface area contributed by atoms with Crippen molar-refractivity contribution < 1.29 is 9.53 Å². The Morgan fingerprint density at radius 3 is 3.05 bits per heavy atom. The Bertz CT molecular complexity index is 478. The van der Waals surface area contributed by atoms with Crippen molar-refractivity contribution >= 4 is 39.9 Å². The second kappa shape index (κ2) is 6.22. The van der Waals surface area contributed by atoms with Gasteiger partial charge in [-0.05, 0) is 30.2 Å². The number of benzene rings is 1. The van der Waals surface area contributed by atoms with Crippen LogP contribution in [0.15, 0.2) is 22.7 Å². The Balaban J connectivity index is 0.00000133. The van der Waals surface area contributed by atoms with E-state index < -0.39 is 0 Å². The van der Waals surface area contributed by atoms with E-state index in [4.69, 9.17) is 4.74 Å². The highest BCUT2D eigenvalue weighted by atomic mass is 79.9. The van der Waals surface area contributed by atoms with Gasteiger partial charge in [0.2, 0.25) is 0 Å². The topological polar surface area (TPSA) is 41.6 Å². The van der Waals surface area contributed by atoms with E-state index in [1.54, 1.807) is 0 Å². The fourth-order valence-corrected chi connectivity index (χ4v) is 2.91. The molecule has 6 heteroatoms. The van der Waals surface area contributed by atoms with Crippen molar-refractivity contribution in [3.8, 4) is 0 Å². The van der Waals surface area contributed by atoms with Crippen LogP contribution in [0.5, 0.6) is 0 Å². The average molecular weight is 348 g/mol. The smallest absolute Gasteiger partial charge is 0.257 e. The lowest BCUT2D eigenvalue weighted by molar-refractivity contribution is -0.131. The first-order valence-electron chi connectivity index (χ1n) is 6.18. The molecule has 0 bridgehead atoms. The summed E-state index contributed by atoms with van der Waals surface area (Å²) in [5, 5.41) is 3.19. The maximum absolute atomic E-state index is 12.4. The molecule has 1 aromatic carbocycles. The fourth-order valence-electron chi connectivity index (χ4n) is 2.50. The molecule has 4 nitrogen and oxygen atoms in total. The summed E-state index contributed by atoms with van der Waals surface area (Å²) in [6.07, 6.45) is 0.578. The van der Waals surface area contributed by atoms with E-state index in [-0.39, 0.29) is 24.4 Å². The van der Waals surface area contributed by atoms with E-state index in [1.165, 1.54) is 5.56 Å². The summed E-state index contributed by atoms with van der Waals surface area (Å²) in [5.41, 5.74) is 2.25. The molecular weight excluding hydrogens is 332 g/mol. The maximum Gasteiger partial charge on any atom is 0.257 e. The van der Waals surface area contributed by atoms with Crippen LogP contribution in [-0.2, 0) is 16.0 Å². The standard InChI is InChI=1S/C13H15BrN2O2.ClH/c14-10-1-2-11-9(7-10)3-5-16(11)13(17)12-8-15-4-6-18-12;/h1-2,7,12,15H,3-6,8H2;1H. The number of amides is 1. The lowest BCUT2D eigenvalue weighted by Gasteiger charge is -2.27. The molecule has 3 rings (SSSR count). The first-order chi connectivity index (χ1) is 8.75. The number of ether oxygens (including phenoxy) is 1. The molecule has 1 saturated heterocycles. The number of nitrogens with one attached hydrogen (secondary N) is 1. The average Bonchev–Trinajstić information content (AvgIpc) is 2.81. The summed E-state index contributed by atoms with van der Waals surface area (Å²) >= 11 is 3.46. The Kier molecular flexibility index (Phi) is 4.84. The Morgan fingerprint density at radius 1 is 1.47 bits per heavy atom. The number of rotatable bonds is 1. The van der Waals surface area contributed by atoms with Gasteiger partial charge in [0, 0.05) is 29.8 Å². The number of halogens is 2. The monoisotopic (exact) mass is 346 g/mol. The van der Waals surface area contributed by atoms with E-state index in [9.17, 15) is 4.79 Å². The van der Waals surface area contributed by atoms with Gasteiger partial charge in [-0.15, -0.1) is 12.4 Å². The van der Waals surface area contributed by atoms with Gasteiger partial charge in [-0.1, -0.05) is 15.9 Å². The highest BCUT2D eigenvalue weighted by molar-refractivity contribution is 9.10. The number of anilines is 1. The molecule has 1 unspecified atom stereocenters. The van der Waals surface area contributed by atoms with Gasteiger partial charge in [0.05, 0.1) is 6.61 Å². The molecule has 0 aromatic heterocycles. The molecule has 1 amide bonds. The van der Waals surface area contributed by atoms with Crippen molar-refractivity contribution in [2.24, 2.45) is 0 Å². The molecule has 2 heterocycles. The van der Waals surface area contributed by atoms with Gasteiger partial charge in [-0.3, -0.25) is 4.79 Å². The Hall–Kier alpha value is -0.620. The number of nitrogens with zero attached hydrogens (tertiary/aromatic N) is 1. The van der Waals surface area contributed by atoms with Crippen LogP contribution in [0.25, 0.3) is 0 Å². The first kappa shape index (κ1) is 14.8. The Labute approximate surface area is 127 Å².